The molecule has 2 fully saturated rings. The summed E-state index contributed by atoms with van der Waals surface area (Å²) in [5.41, 5.74) is 0. The first-order valence-corrected chi connectivity index (χ1v) is 9.24. The Morgan fingerprint density at radius 3 is 2.48 bits per heavy atom. The zero-order chi connectivity index (χ0) is 15.2. The van der Waals surface area contributed by atoms with Crippen molar-refractivity contribution in [2.24, 2.45) is 11.8 Å². The van der Waals surface area contributed by atoms with Gasteiger partial charge in [0.1, 0.15) is 0 Å². The number of carbonyl (C=O) groups is 1. The van der Waals surface area contributed by atoms with E-state index in [9.17, 15) is 4.79 Å². The first-order valence-electron chi connectivity index (χ1n) is 9.24. The van der Waals surface area contributed by atoms with Crippen LogP contribution in [0.15, 0.2) is 0 Å². The van der Waals surface area contributed by atoms with E-state index in [-0.39, 0.29) is 6.04 Å². The van der Waals surface area contributed by atoms with Crippen LogP contribution in [0.5, 0.6) is 0 Å². The van der Waals surface area contributed by atoms with Crippen LogP contribution in [0.3, 0.4) is 0 Å². The van der Waals surface area contributed by atoms with Crippen molar-refractivity contribution in [3.8, 4) is 0 Å². The van der Waals surface area contributed by atoms with E-state index in [2.05, 4.69) is 31.0 Å². The van der Waals surface area contributed by atoms with Crippen molar-refractivity contribution < 1.29 is 4.79 Å². The topological polar surface area (TPSA) is 32.3 Å². The van der Waals surface area contributed by atoms with Crippen molar-refractivity contribution in [3.05, 3.63) is 0 Å². The predicted molar refractivity (Wildman–Crippen MR) is 88.2 cm³/mol. The van der Waals surface area contributed by atoms with Gasteiger partial charge in [-0.15, -0.1) is 0 Å². The Bertz CT molecular complexity index is 327. The number of nitrogens with one attached hydrogen (secondary N) is 1. The monoisotopic (exact) mass is 294 g/mol. The SMILES string of the molecule is CCC(CC)CN(CC)C(=O)C1CCC2CCCCC2N1. The molecule has 0 aromatic heterocycles. The van der Waals surface area contributed by atoms with Crippen LogP contribution in [0.2, 0.25) is 0 Å². The van der Waals surface area contributed by atoms with Crippen molar-refractivity contribution in [2.75, 3.05) is 13.1 Å². The summed E-state index contributed by atoms with van der Waals surface area (Å²) >= 11 is 0. The molecular weight excluding hydrogens is 260 g/mol. The van der Waals surface area contributed by atoms with Gasteiger partial charge in [-0.3, -0.25) is 4.79 Å². The fourth-order valence-corrected chi connectivity index (χ4v) is 4.14. The minimum absolute atomic E-state index is 0.0821. The lowest BCUT2D eigenvalue weighted by Gasteiger charge is -2.41. The van der Waals surface area contributed by atoms with Crippen molar-refractivity contribution in [3.63, 3.8) is 0 Å². The maximum Gasteiger partial charge on any atom is 0.239 e. The molecule has 3 unspecified atom stereocenters. The molecule has 3 atom stereocenters. The van der Waals surface area contributed by atoms with Gasteiger partial charge in [0.15, 0.2) is 0 Å². The molecule has 2 rings (SSSR count). The Morgan fingerprint density at radius 2 is 1.81 bits per heavy atom. The van der Waals surface area contributed by atoms with Crippen LogP contribution in [-0.2, 0) is 4.79 Å². The third-order valence-electron chi connectivity index (χ3n) is 5.78. The first-order chi connectivity index (χ1) is 10.2. The van der Waals surface area contributed by atoms with E-state index in [0.717, 1.165) is 25.4 Å². The van der Waals surface area contributed by atoms with Gasteiger partial charge in [-0.1, -0.05) is 39.5 Å². The summed E-state index contributed by atoms with van der Waals surface area (Å²) in [6.07, 6.45) is 9.98. The van der Waals surface area contributed by atoms with E-state index in [1.807, 2.05) is 0 Å². The fourth-order valence-electron chi connectivity index (χ4n) is 4.14. The van der Waals surface area contributed by atoms with Gasteiger partial charge in [-0.05, 0) is 44.4 Å². The number of hydrogen-bond acceptors (Lipinski definition) is 2. The molecule has 2 aliphatic rings. The van der Waals surface area contributed by atoms with Crippen LogP contribution in [0.4, 0.5) is 0 Å². The van der Waals surface area contributed by atoms with Crippen LogP contribution < -0.4 is 5.32 Å². The molecule has 0 spiro atoms. The highest BCUT2D eigenvalue weighted by Crippen LogP contribution is 2.32. The number of rotatable bonds is 6. The van der Waals surface area contributed by atoms with Crippen LogP contribution in [-0.4, -0.2) is 36.0 Å². The summed E-state index contributed by atoms with van der Waals surface area (Å²) in [6.45, 7) is 8.37. The maximum atomic E-state index is 12.8. The molecule has 1 aliphatic heterocycles. The lowest BCUT2D eigenvalue weighted by Crippen LogP contribution is -2.56. The standard InChI is InChI=1S/C18H34N2O/c1-4-14(5-2)13-20(6-3)18(21)17-12-11-15-9-7-8-10-16(15)19-17/h14-17,19H,4-13H2,1-3H3. The number of carbonyl (C=O) groups excluding carboxylic acids is 1. The molecule has 0 bridgehead atoms. The third kappa shape index (κ3) is 4.21. The average molecular weight is 294 g/mol. The lowest BCUT2D eigenvalue weighted by atomic mass is 9.77. The number of hydrogen-bond donors (Lipinski definition) is 1. The lowest BCUT2D eigenvalue weighted by molar-refractivity contribution is -0.135. The van der Waals surface area contributed by atoms with Crippen molar-refractivity contribution >= 4 is 5.91 Å². The molecule has 0 aromatic rings. The number of likely N-dealkylation sites (N-methyl/N-ethyl adjacent to an activating group) is 1. The van der Waals surface area contributed by atoms with Gasteiger partial charge in [0.25, 0.3) is 0 Å². The molecule has 1 saturated heterocycles. The van der Waals surface area contributed by atoms with Gasteiger partial charge in [-0.25, -0.2) is 0 Å². The van der Waals surface area contributed by atoms with Crippen molar-refractivity contribution in [1.82, 2.24) is 10.2 Å². The molecule has 1 aliphatic carbocycles. The van der Waals surface area contributed by atoms with Crippen LogP contribution >= 0.6 is 0 Å². The summed E-state index contributed by atoms with van der Waals surface area (Å²) in [4.78, 5) is 14.9. The second-order valence-corrected chi connectivity index (χ2v) is 7.01. The summed E-state index contributed by atoms with van der Waals surface area (Å²) in [6, 6.07) is 0.687. The minimum Gasteiger partial charge on any atom is -0.341 e. The molecule has 3 nitrogen and oxygen atoms in total. The van der Waals surface area contributed by atoms with Gasteiger partial charge in [0, 0.05) is 19.1 Å². The van der Waals surface area contributed by atoms with Gasteiger partial charge < -0.3 is 10.2 Å². The fraction of sp³-hybridized carbons (Fsp3) is 0.944. The number of fused-ring (bicyclic) bond motifs is 1. The van der Waals surface area contributed by atoms with E-state index in [1.54, 1.807) is 0 Å². The first kappa shape index (κ1) is 16.8. The van der Waals surface area contributed by atoms with Crippen LogP contribution in [0, 0.1) is 11.8 Å². The Hall–Kier alpha value is -0.570. The molecule has 21 heavy (non-hydrogen) atoms. The molecule has 1 amide bonds. The Balaban J connectivity index is 1.91. The second-order valence-electron chi connectivity index (χ2n) is 7.01. The van der Waals surface area contributed by atoms with Crippen molar-refractivity contribution in [2.45, 2.75) is 84.2 Å². The molecule has 1 saturated carbocycles. The third-order valence-corrected chi connectivity index (χ3v) is 5.78. The summed E-state index contributed by atoms with van der Waals surface area (Å²) < 4.78 is 0. The minimum atomic E-state index is 0.0821. The zero-order valence-electron chi connectivity index (χ0n) is 14.2. The summed E-state index contributed by atoms with van der Waals surface area (Å²) in [7, 11) is 0. The molecular formula is C18H34N2O. The molecule has 3 heteroatoms. The molecule has 0 aromatic carbocycles. The number of piperidine rings is 1. The van der Waals surface area contributed by atoms with E-state index in [0.29, 0.717) is 17.9 Å². The smallest absolute Gasteiger partial charge is 0.239 e. The highest BCUT2D eigenvalue weighted by molar-refractivity contribution is 5.82. The van der Waals surface area contributed by atoms with Gasteiger partial charge >= 0.3 is 0 Å². The van der Waals surface area contributed by atoms with Crippen LogP contribution in [0.25, 0.3) is 0 Å². The zero-order valence-corrected chi connectivity index (χ0v) is 14.2. The van der Waals surface area contributed by atoms with Gasteiger partial charge in [0.05, 0.1) is 6.04 Å². The van der Waals surface area contributed by atoms with E-state index in [4.69, 9.17) is 0 Å². The van der Waals surface area contributed by atoms with E-state index < -0.39 is 0 Å². The molecule has 122 valence electrons. The van der Waals surface area contributed by atoms with E-state index >= 15 is 0 Å². The average Bonchev–Trinajstić information content (AvgIpc) is 2.55. The van der Waals surface area contributed by atoms with Crippen LogP contribution in [0.1, 0.15) is 72.1 Å². The van der Waals surface area contributed by atoms with Gasteiger partial charge in [0.2, 0.25) is 5.91 Å². The Morgan fingerprint density at radius 1 is 1.10 bits per heavy atom. The normalized spacial score (nSPS) is 29.2. The molecule has 1 N–H and O–H groups in total. The van der Waals surface area contributed by atoms with E-state index in [1.165, 1.54) is 44.9 Å². The maximum absolute atomic E-state index is 12.8. The largest absolute Gasteiger partial charge is 0.341 e. The second kappa shape index (κ2) is 8.17. The highest BCUT2D eigenvalue weighted by atomic mass is 16.2. The summed E-state index contributed by atoms with van der Waals surface area (Å²) in [5.74, 6) is 1.84. The molecule has 0 radical (unpaired) electrons. The Kier molecular flexibility index (Phi) is 6.53. The number of amides is 1. The number of nitrogens with zero attached hydrogens (tertiary/aromatic N) is 1. The predicted octanol–water partition coefficient (Wildman–Crippen LogP) is 3.58. The van der Waals surface area contributed by atoms with Gasteiger partial charge in [-0.2, -0.15) is 0 Å². The van der Waals surface area contributed by atoms with Crippen molar-refractivity contribution in [1.29, 1.82) is 0 Å². The molecule has 1 heterocycles. The highest BCUT2D eigenvalue weighted by Gasteiger charge is 2.35. The quantitative estimate of drug-likeness (QED) is 0.812. The Labute approximate surface area is 130 Å². The summed E-state index contributed by atoms with van der Waals surface area (Å²) in [5, 5.41) is 3.69.